The number of epoxide rings is 1. The summed E-state index contributed by atoms with van der Waals surface area (Å²) < 4.78 is 5.95. The van der Waals surface area contributed by atoms with Gasteiger partial charge in [0.1, 0.15) is 5.60 Å². The first-order chi connectivity index (χ1) is 9.45. The van der Waals surface area contributed by atoms with Gasteiger partial charge in [-0.25, -0.2) is 0 Å². The van der Waals surface area contributed by atoms with E-state index in [-0.39, 0.29) is 11.0 Å². The summed E-state index contributed by atoms with van der Waals surface area (Å²) in [6.07, 6.45) is 5.60. The molecule has 2 fully saturated rings. The SMILES string of the molecule is C/C(Cl)=C\C1(C)CCC(Cc2ccc(Cl)cc2)C12CO2. The fourth-order valence-electron chi connectivity index (χ4n) is 3.83. The van der Waals surface area contributed by atoms with Crippen LogP contribution in [0.25, 0.3) is 0 Å². The van der Waals surface area contributed by atoms with Crippen LogP contribution in [0.4, 0.5) is 0 Å². The maximum Gasteiger partial charge on any atom is 0.103 e. The summed E-state index contributed by atoms with van der Waals surface area (Å²) >= 11 is 12.1. The molecule has 3 unspecified atom stereocenters. The summed E-state index contributed by atoms with van der Waals surface area (Å²) in [5.41, 5.74) is 1.42. The molecule has 108 valence electrons. The topological polar surface area (TPSA) is 12.5 Å². The van der Waals surface area contributed by atoms with E-state index in [2.05, 4.69) is 25.1 Å². The van der Waals surface area contributed by atoms with Crippen molar-refractivity contribution in [2.45, 2.75) is 38.7 Å². The zero-order chi connectivity index (χ0) is 14.4. The van der Waals surface area contributed by atoms with E-state index >= 15 is 0 Å². The van der Waals surface area contributed by atoms with Crippen LogP contribution in [0.2, 0.25) is 5.02 Å². The molecule has 0 radical (unpaired) electrons. The van der Waals surface area contributed by atoms with Gasteiger partial charge in [-0.2, -0.15) is 0 Å². The number of halogens is 2. The predicted molar refractivity (Wildman–Crippen MR) is 84.3 cm³/mol. The Kier molecular flexibility index (Phi) is 3.64. The number of rotatable bonds is 3. The van der Waals surface area contributed by atoms with Crippen LogP contribution < -0.4 is 0 Å². The Hall–Kier alpha value is -0.500. The summed E-state index contributed by atoms with van der Waals surface area (Å²) in [6, 6.07) is 8.18. The third kappa shape index (κ3) is 2.41. The summed E-state index contributed by atoms with van der Waals surface area (Å²) in [6.45, 7) is 5.10. The fourth-order valence-corrected chi connectivity index (χ4v) is 4.20. The van der Waals surface area contributed by atoms with Crippen LogP contribution in [0.5, 0.6) is 0 Å². The molecule has 1 spiro atoms. The first-order valence-corrected chi connectivity index (χ1v) is 7.94. The molecule has 3 atom stereocenters. The van der Waals surface area contributed by atoms with Gasteiger partial charge in [0.2, 0.25) is 0 Å². The molecule has 0 N–H and O–H groups in total. The van der Waals surface area contributed by atoms with E-state index in [0.717, 1.165) is 29.5 Å². The van der Waals surface area contributed by atoms with Gasteiger partial charge in [0, 0.05) is 15.5 Å². The van der Waals surface area contributed by atoms with Gasteiger partial charge in [-0.15, -0.1) is 0 Å². The van der Waals surface area contributed by atoms with Crippen LogP contribution >= 0.6 is 23.2 Å². The van der Waals surface area contributed by atoms with Gasteiger partial charge < -0.3 is 4.74 Å². The van der Waals surface area contributed by atoms with Crippen molar-refractivity contribution in [1.82, 2.24) is 0 Å². The second-order valence-electron chi connectivity index (χ2n) is 6.39. The molecule has 1 saturated carbocycles. The Morgan fingerprint density at radius 3 is 2.60 bits per heavy atom. The molecule has 1 saturated heterocycles. The molecule has 0 bridgehead atoms. The number of hydrogen-bond acceptors (Lipinski definition) is 1. The zero-order valence-electron chi connectivity index (χ0n) is 12.0. The van der Waals surface area contributed by atoms with E-state index < -0.39 is 0 Å². The van der Waals surface area contributed by atoms with Crippen molar-refractivity contribution in [2.75, 3.05) is 6.61 Å². The summed E-state index contributed by atoms with van der Waals surface area (Å²) in [5, 5.41) is 1.66. The fraction of sp³-hybridized carbons (Fsp3) is 0.529. The third-order valence-electron chi connectivity index (χ3n) is 5.01. The van der Waals surface area contributed by atoms with Crippen molar-refractivity contribution in [1.29, 1.82) is 0 Å². The molecular formula is C17H20Cl2O. The average molecular weight is 311 g/mol. The van der Waals surface area contributed by atoms with Crippen LogP contribution in [0.15, 0.2) is 35.4 Å². The van der Waals surface area contributed by atoms with E-state index in [4.69, 9.17) is 27.9 Å². The standard InChI is InChI=1S/C17H20Cl2O/c1-12(18)10-16(2)8-7-14(17(16)11-20-17)9-13-3-5-15(19)6-4-13/h3-6,10,14H,7-9,11H2,1-2H3/b12-10+. The van der Waals surface area contributed by atoms with Crippen molar-refractivity contribution in [2.24, 2.45) is 11.3 Å². The van der Waals surface area contributed by atoms with Crippen LogP contribution in [0.1, 0.15) is 32.3 Å². The molecule has 1 aliphatic carbocycles. The highest BCUT2D eigenvalue weighted by molar-refractivity contribution is 6.30. The van der Waals surface area contributed by atoms with Crippen molar-refractivity contribution in [3.63, 3.8) is 0 Å². The summed E-state index contributed by atoms with van der Waals surface area (Å²) in [7, 11) is 0. The van der Waals surface area contributed by atoms with Gasteiger partial charge in [0.25, 0.3) is 0 Å². The first-order valence-electron chi connectivity index (χ1n) is 7.19. The Morgan fingerprint density at radius 1 is 1.40 bits per heavy atom. The number of benzene rings is 1. The Labute approximate surface area is 130 Å². The summed E-state index contributed by atoms with van der Waals surface area (Å²) in [4.78, 5) is 0. The average Bonchev–Trinajstić information content (AvgIpc) is 3.13. The van der Waals surface area contributed by atoms with Gasteiger partial charge in [0.05, 0.1) is 6.61 Å². The number of ether oxygens (including phenoxy) is 1. The molecule has 0 amide bonds. The highest BCUT2D eigenvalue weighted by Crippen LogP contribution is 2.61. The Morgan fingerprint density at radius 2 is 2.05 bits per heavy atom. The second-order valence-corrected chi connectivity index (χ2v) is 7.43. The zero-order valence-corrected chi connectivity index (χ0v) is 13.5. The minimum atomic E-state index is 0.00276. The van der Waals surface area contributed by atoms with Gasteiger partial charge >= 0.3 is 0 Å². The predicted octanol–water partition coefficient (Wildman–Crippen LogP) is 5.21. The lowest BCUT2D eigenvalue weighted by atomic mass is 9.75. The van der Waals surface area contributed by atoms with E-state index in [1.54, 1.807) is 0 Å². The first kappa shape index (κ1) is 14.4. The molecular weight excluding hydrogens is 291 g/mol. The van der Waals surface area contributed by atoms with Crippen molar-refractivity contribution in [3.05, 3.63) is 46.0 Å². The lowest BCUT2D eigenvalue weighted by Gasteiger charge is -2.29. The molecule has 0 aromatic heterocycles. The van der Waals surface area contributed by atoms with E-state index in [9.17, 15) is 0 Å². The van der Waals surface area contributed by atoms with Crippen LogP contribution in [-0.4, -0.2) is 12.2 Å². The third-order valence-corrected chi connectivity index (χ3v) is 5.37. The van der Waals surface area contributed by atoms with Crippen molar-refractivity contribution >= 4 is 23.2 Å². The van der Waals surface area contributed by atoms with Crippen LogP contribution in [0.3, 0.4) is 0 Å². The summed E-state index contributed by atoms with van der Waals surface area (Å²) in [5.74, 6) is 0.570. The van der Waals surface area contributed by atoms with Crippen molar-refractivity contribution < 1.29 is 4.74 Å². The van der Waals surface area contributed by atoms with Crippen molar-refractivity contribution in [3.8, 4) is 0 Å². The van der Waals surface area contributed by atoms with E-state index in [0.29, 0.717) is 5.92 Å². The monoisotopic (exact) mass is 310 g/mol. The van der Waals surface area contributed by atoms with Gasteiger partial charge in [-0.05, 0) is 49.8 Å². The van der Waals surface area contributed by atoms with Crippen LogP contribution in [-0.2, 0) is 11.2 Å². The van der Waals surface area contributed by atoms with E-state index in [1.807, 2.05) is 19.1 Å². The smallest absolute Gasteiger partial charge is 0.103 e. The van der Waals surface area contributed by atoms with E-state index in [1.165, 1.54) is 12.0 Å². The quantitative estimate of drug-likeness (QED) is 0.698. The lowest BCUT2D eigenvalue weighted by Crippen LogP contribution is -2.34. The maximum absolute atomic E-state index is 6.12. The minimum Gasteiger partial charge on any atom is -0.368 e. The normalized spacial score (nSPS) is 36.6. The molecule has 1 aromatic carbocycles. The van der Waals surface area contributed by atoms with Crippen LogP contribution in [0, 0.1) is 11.3 Å². The minimum absolute atomic E-state index is 0.00276. The molecule has 1 heterocycles. The number of allylic oxidation sites excluding steroid dienone is 1. The van der Waals surface area contributed by atoms with Gasteiger partial charge in [-0.1, -0.05) is 48.3 Å². The second kappa shape index (κ2) is 5.05. The lowest BCUT2D eigenvalue weighted by molar-refractivity contribution is 0.158. The maximum atomic E-state index is 6.12. The molecule has 1 aromatic rings. The number of hydrogen-bond donors (Lipinski definition) is 0. The molecule has 20 heavy (non-hydrogen) atoms. The molecule has 3 heteroatoms. The molecule has 1 nitrogen and oxygen atoms in total. The van der Waals surface area contributed by atoms with Gasteiger partial charge in [-0.3, -0.25) is 0 Å². The largest absolute Gasteiger partial charge is 0.368 e. The molecule has 2 aliphatic rings. The Balaban J connectivity index is 1.80. The molecule has 3 rings (SSSR count). The Bertz CT molecular complexity index is 526. The highest BCUT2D eigenvalue weighted by atomic mass is 35.5. The van der Waals surface area contributed by atoms with Gasteiger partial charge in [0.15, 0.2) is 0 Å². The molecule has 1 aliphatic heterocycles. The highest BCUT2D eigenvalue weighted by Gasteiger charge is 2.65.